The first-order valence-electron chi connectivity index (χ1n) is 8.14. The molecule has 0 aliphatic heterocycles. The van der Waals surface area contributed by atoms with Crippen LogP contribution < -0.4 is 0 Å². The first-order chi connectivity index (χ1) is 13.2. The number of hydrogen-bond acceptors (Lipinski definition) is 7. The van der Waals surface area contributed by atoms with Crippen LogP contribution in [0.15, 0.2) is 63.7 Å². The van der Waals surface area contributed by atoms with Gasteiger partial charge in [-0.1, -0.05) is 25.1 Å². The highest BCUT2D eigenvalue weighted by Crippen LogP contribution is 2.39. The highest BCUT2D eigenvalue weighted by molar-refractivity contribution is 7.86. The third kappa shape index (κ3) is 3.55. The molecule has 3 rings (SSSR count). The molecule has 10 heteroatoms. The Morgan fingerprint density at radius 3 is 2.39 bits per heavy atom. The lowest BCUT2D eigenvalue weighted by molar-refractivity contribution is -0.385. The fourth-order valence-electron chi connectivity index (χ4n) is 2.93. The largest absolute Gasteiger partial charge is 0.506 e. The summed E-state index contributed by atoms with van der Waals surface area (Å²) in [5, 5.41) is 29.8. The van der Waals surface area contributed by atoms with Crippen molar-refractivity contribution >= 4 is 38.0 Å². The molecule has 0 heterocycles. The smallest absolute Gasteiger partial charge is 0.295 e. The highest BCUT2D eigenvalue weighted by atomic mass is 32.2. The molecule has 28 heavy (non-hydrogen) atoms. The fraction of sp³-hybridized carbons (Fsp3) is 0.111. The zero-order chi connectivity index (χ0) is 20.5. The van der Waals surface area contributed by atoms with Crippen LogP contribution >= 0.6 is 0 Å². The van der Waals surface area contributed by atoms with Gasteiger partial charge in [0.1, 0.15) is 16.3 Å². The Labute approximate surface area is 159 Å². The summed E-state index contributed by atoms with van der Waals surface area (Å²) in [7, 11) is -4.48. The van der Waals surface area contributed by atoms with E-state index in [9.17, 15) is 28.2 Å². The molecular weight excluding hydrogens is 386 g/mol. The summed E-state index contributed by atoms with van der Waals surface area (Å²) in [6.07, 6.45) is 0.347. The summed E-state index contributed by atoms with van der Waals surface area (Å²) in [5.74, 6) is -0.257. The van der Waals surface area contributed by atoms with Gasteiger partial charge in [-0.15, -0.1) is 10.2 Å². The molecular formula is C18H15N3O6S. The van der Waals surface area contributed by atoms with E-state index in [4.69, 9.17) is 0 Å². The van der Waals surface area contributed by atoms with Crippen LogP contribution in [0.5, 0.6) is 5.75 Å². The molecule has 3 aromatic carbocycles. The number of nitro benzene ring substituents is 1. The predicted molar refractivity (Wildman–Crippen MR) is 102 cm³/mol. The van der Waals surface area contributed by atoms with Crippen LogP contribution in [-0.4, -0.2) is 23.0 Å². The molecule has 0 spiro atoms. The number of azo groups is 1. The normalized spacial score (nSPS) is 11.9. The zero-order valence-electron chi connectivity index (χ0n) is 14.6. The van der Waals surface area contributed by atoms with Crippen molar-refractivity contribution in [3.8, 4) is 5.75 Å². The lowest BCUT2D eigenvalue weighted by Crippen LogP contribution is -1.98. The van der Waals surface area contributed by atoms with E-state index in [1.54, 1.807) is 13.0 Å². The summed E-state index contributed by atoms with van der Waals surface area (Å²) in [6, 6.07) is 11.1. The average molecular weight is 401 g/mol. The fourth-order valence-corrected chi connectivity index (χ4v) is 3.63. The lowest BCUT2D eigenvalue weighted by Gasteiger charge is -2.08. The van der Waals surface area contributed by atoms with Crippen LogP contribution in [0.3, 0.4) is 0 Å². The number of fused-ring (bicyclic) bond motifs is 1. The predicted octanol–water partition coefficient (Wildman–Crippen LogP) is 4.68. The van der Waals surface area contributed by atoms with Gasteiger partial charge in [-0.05, 0) is 30.7 Å². The van der Waals surface area contributed by atoms with Crippen molar-refractivity contribution in [2.24, 2.45) is 10.2 Å². The maximum atomic E-state index is 11.6. The van der Waals surface area contributed by atoms with Gasteiger partial charge in [-0.3, -0.25) is 14.7 Å². The van der Waals surface area contributed by atoms with Gasteiger partial charge >= 0.3 is 0 Å². The van der Waals surface area contributed by atoms with Gasteiger partial charge in [0.25, 0.3) is 15.8 Å². The summed E-state index contributed by atoms with van der Waals surface area (Å²) in [6.45, 7) is 1.75. The Balaban J connectivity index is 2.20. The standard InChI is InChI=1S/C18H15N3O6S/c1-2-11-14(6-4-7-15(11)21(23)24)19-20-18-13-5-3-8-17(28(25,26)27)12(13)9-10-16(18)22/h3-10,22H,2H2,1H3,(H,25,26,27). The summed E-state index contributed by atoms with van der Waals surface area (Å²) in [5.41, 5.74) is 0.542. The molecule has 0 aliphatic rings. The molecule has 2 N–H and O–H groups in total. The van der Waals surface area contributed by atoms with Crippen LogP contribution in [0.2, 0.25) is 0 Å². The van der Waals surface area contributed by atoms with Crippen molar-refractivity contribution in [3.05, 3.63) is 64.2 Å². The summed E-state index contributed by atoms with van der Waals surface area (Å²) >= 11 is 0. The third-order valence-electron chi connectivity index (χ3n) is 4.18. The molecule has 0 saturated carbocycles. The first kappa shape index (κ1) is 19.4. The first-order valence-corrected chi connectivity index (χ1v) is 9.58. The number of phenolic OH excluding ortho intramolecular Hbond substituents is 1. The summed E-state index contributed by atoms with van der Waals surface area (Å²) in [4.78, 5) is 10.3. The van der Waals surface area contributed by atoms with E-state index in [0.717, 1.165) is 0 Å². The molecule has 0 bridgehead atoms. The molecule has 0 radical (unpaired) electrons. The Morgan fingerprint density at radius 1 is 1.04 bits per heavy atom. The molecule has 144 valence electrons. The van der Waals surface area contributed by atoms with E-state index >= 15 is 0 Å². The van der Waals surface area contributed by atoms with Crippen LogP contribution in [0, 0.1) is 10.1 Å². The van der Waals surface area contributed by atoms with Crippen molar-refractivity contribution in [1.29, 1.82) is 0 Å². The number of phenols is 1. The molecule has 0 atom stereocenters. The Kier molecular flexibility index (Phi) is 5.08. The molecule has 3 aromatic rings. The number of aromatic hydroxyl groups is 1. The van der Waals surface area contributed by atoms with E-state index in [1.165, 1.54) is 42.5 Å². The Bertz CT molecular complexity index is 1220. The second kappa shape index (κ2) is 7.33. The van der Waals surface area contributed by atoms with Gasteiger partial charge in [0.2, 0.25) is 0 Å². The topological polar surface area (TPSA) is 142 Å². The minimum atomic E-state index is -4.48. The van der Waals surface area contributed by atoms with Gasteiger partial charge in [0.15, 0.2) is 0 Å². The van der Waals surface area contributed by atoms with Gasteiger partial charge in [-0.2, -0.15) is 8.42 Å². The van der Waals surface area contributed by atoms with E-state index in [0.29, 0.717) is 12.0 Å². The monoisotopic (exact) mass is 401 g/mol. The second-order valence-corrected chi connectivity index (χ2v) is 7.24. The Hall–Kier alpha value is -3.37. The molecule has 9 nitrogen and oxygen atoms in total. The minimum absolute atomic E-state index is 0.0171. The molecule has 0 amide bonds. The number of nitro groups is 1. The number of nitrogens with zero attached hydrogens (tertiary/aromatic N) is 3. The molecule has 0 aliphatic carbocycles. The van der Waals surface area contributed by atoms with Crippen molar-refractivity contribution in [2.45, 2.75) is 18.2 Å². The van der Waals surface area contributed by atoms with Gasteiger partial charge in [0.05, 0.1) is 16.2 Å². The number of benzene rings is 3. The van der Waals surface area contributed by atoms with Crippen LogP contribution in [0.1, 0.15) is 12.5 Å². The van der Waals surface area contributed by atoms with Crippen LogP contribution in [0.25, 0.3) is 10.8 Å². The van der Waals surface area contributed by atoms with E-state index in [1.807, 2.05) is 0 Å². The van der Waals surface area contributed by atoms with Crippen molar-refractivity contribution in [2.75, 3.05) is 0 Å². The number of hydrogen-bond donors (Lipinski definition) is 2. The second-order valence-electron chi connectivity index (χ2n) is 5.85. The quantitative estimate of drug-likeness (QED) is 0.275. The van der Waals surface area contributed by atoms with Gasteiger partial charge in [-0.25, -0.2) is 0 Å². The zero-order valence-corrected chi connectivity index (χ0v) is 15.4. The molecule has 0 aromatic heterocycles. The van der Waals surface area contributed by atoms with Crippen LogP contribution in [-0.2, 0) is 16.5 Å². The van der Waals surface area contributed by atoms with E-state index in [2.05, 4.69) is 10.2 Å². The lowest BCUT2D eigenvalue weighted by atomic mass is 10.1. The number of rotatable bonds is 5. The van der Waals surface area contributed by atoms with E-state index < -0.39 is 15.0 Å². The summed E-state index contributed by atoms with van der Waals surface area (Å²) < 4.78 is 32.6. The van der Waals surface area contributed by atoms with Gasteiger partial charge < -0.3 is 5.11 Å². The molecule has 0 saturated heterocycles. The van der Waals surface area contributed by atoms with Crippen molar-refractivity contribution < 1.29 is 23.0 Å². The Morgan fingerprint density at radius 2 is 1.75 bits per heavy atom. The van der Waals surface area contributed by atoms with Gasteiger partial charge in [0, 0.05) is 16.8 Å². The van der Waals surface area contributed by atoms with Crippen molar-refractivity contribution in [3.63, 3.8) is 0 Å². The minimum Gasteiger partial charge on any atom is -0.506 e. The highest BCUT2D eigenvalue weighted by Gasteiger charge is 2.18. The molecule has 0 fully saturated rings. The SMILES string of the molecule is CCc1c(N=Nc2c(O)ccc3c(S(=O)(=O)O)cccc23)cccc1[N+](=O)[O-]. The maximum absolute atomic E-state index is 11.6. The maximum Gasteiger partial charge on any atom is 0.295 e. The van der Waals surface area contributed by atoms with Crippen LogP contribution in [0.4, 0.5) is 17.1 Å². The van der Waals surface area contributed by atoms with Crippen molar-refractivity contribution in [1.82, 2.24) is 0 Å². The van der Waals surface area contributed by atoms with E-state index in [-0.39, 0.29) is 38.5 Å². The third-order valence-corrected chi connectivity index (χ3v) is 5.10. The molecule has 0 unspecified atom stereocenters. The average Bonchev–Trinajstić information content (AvgIpc) is 2.65.